The number of aliphatic carboxylic acids is 1. The lowest BCUT2D eigenvalue weighted by atomic mass is 9.93. The van der Waals surface area contributed by atoms with Crippen LogP contribution in [0, 0.1) is 11.8 Å². The zero-order chi connectivity index (χ0) is 6.78. The molecule has 0 aliphatic rings. The molecule has 0 aromatic heterocycles. The maximum atomic E-state index is 9.96. The highest BCUT2D eigenvalue weighted by molar-refractivity contribution is 5.77. The van der Waals surface area contributed by atoms with Crippen LogP contribution in [0.1, 0.15) is 20.8 Å². The summed E-state index contributed by atoms with van der Waals surface area (Å²) in [6.45, 7) is 5.54. The molecule has 2 nitrogen and oxygen atoms in total. The van der Waals surface area contributed by atoms with Gasteiger partial charge in [0.15, 0.2) is 0 Å². The molecule has 2 heteroatoms. The van der Waals surface area contributed by atoms with E-state index >= 15 is 0 Å². The second-order valence-corrected chi connectivity index (χ2v) is 2.85. The molecule has 1 N–H and O–H groups in total. The Kier molecular flexibility index (Phi) is 2.02. The molecule has 0 aliphatic heterocycles. The van der Waals surface area contributed by atoms with Gasteiger partial charge < -0.3 is 5.11 Å². The van der Waals surface area contributed by atoms with Crippen LogP contribution in [0.5, 0.6) is 0 Å². The number of carbonyl (C=O) groups is 1. The molecule has 0 heterocycles. The van der Waals surface area contributed by atoms with Gasteiger partial charge in [0.1, 0.15) is 0 Å². The van der Waals surface area contributed by atoms with Crippen LogP contribution >= 0.6 is 0 Å². The highest BCUT2D eigenvalue weighted by Crippen LogP contribution is 2.16. The van der Waals surface area contributed by atoms with Gasteiger partial charge in [0.2, 0.25) is 0 Å². The van der Waals surface area contributed by atoms with E-state index in [1.807, 2.05) is 20.8 Å². The van der Waals surface area contributed by atoms with Crippen LogP contribution < -0.4 is 0 Å². The Balaban J connectivity index is 3.55. The lowest BCUT2D eigenvalue weighted by molar-refractivity contribution is -0.134. The van der Waals surface area contributed by atoms with Crippen molar-refractivity contribution in [2.75, 3.05) is 0 Å². The van der Waals surface area contributed by atoms with Crippen LogP contribution in [0.15, 0.2) is 0 Å². The number of rotatable bonds is 1. The molecule has 0 saturated heterocycles. The fourth-order valence-electron chi connectivity index (χ4n) is 0.370. The Bertz CT molecular complexity index is 89.2. The van der Waals surface area contributed by atoms with Crippen molar-refractivity contribution >= 4 is 5.97 Å². The Morgan fingerprint density at radius 1 is 1.50 bits per heavy atom. The smallest absolute Gasteiger partial charge is 0.307 e. The van der Waals surface area contributed by atoms with Crippen LogP contribution in [0.4, 0.5) is 0 Å². The average molecular weight is 115 g/mol. The minimum atomic E-state index is -0.850. The van der Waals surface area contributed by atoms with E-state index in [4.69, 9.17) is 5.11 Å². The van der Waals surface area contributed by atoms with Crippen molar-refractivity contribution in [1.29, 1.82) is 0 Å². The second-order valence-electron chi connectivity index (χ2n) is 2.85. The molecular formula is C6H11O2. The van der Waals surface area contributed by atoms with E-state index in [1.165, 1.54) is 6.42 Å². The molecule has 0 spiro atoms. The van der Waals surface area contributed by atoms with Crippen LogP contribution in [0.2, 0.25) is 0 Å². The van der Waals surface area contributed by atoms with Crippen LogP contribution in [-0.2, 0) is 4.79 Å². The fourth-order valence-corrected chi connectivity index (χ4v) is 0.370. The Morgan fingerprint density at radius 3 is 1.88 bits per heavy atom. The molecule has 1 radical (unpaired) electrons. The third-order valence-corrected chi connectivity index (χ3v) is 0.556. The Labute approximate surface area is 49.5 Å². The third-order valence-electron chi connectivity index (χ3n) is 0.556. The SMILES string of the molecule is CC(C)(C)[CH]C(=O)O. The van der Waals surface area contributed by atoms with Crippen molar-refractivity contribution < 1.29 is 9.90 Å². The molecule has 8 heavy (non-hydrogen) atoms. The van der Waals surface area contributed by atoms with E-state index in [0.717, 1.165) is 0 Å². The zero-order valence-electron chi connectivity index (χ0n) is 5.43. The standard InChI is InChI=1S/C6H11O2/c1-6(2,3)4-5(7)8/h4H,1-3H3,(H,7,8). The maximum Gasteiger partial charge on any atom is 0.307 e. The molecule has 0 aromatic rings. The molecule has 47 valence electrons. The minimum Gasteiger partial charge on any atom is -0.481 e. The van der Waals surface area contributed by atoms with Gasteiger partial charge in [0.05, 0.1) is 6.42 Å². The summed E-state index contributed by atoms with van der Waals surface area (Å²) in [4.78, 5) is 9.96. The van der Waals surface area contributed by atoms with Crippen LogP contribution in [0.25, 0.3) is 0 Å². The van der Waals surface area contributed by atoms with E-state index in [2.05, 4.69) is 0 Å². The number of carboxylic acids is 1. The average Bonchev–Trinajstić information content (AvgIpc) is 1.21. The summed E-state index contributed by atoms with van der Waals surface area (Å²) in [5, 5.41) is 8.19. The summed E-state index contributed by atoms with van der Waals surface area (Å²) in [7, 11) is 0. The summed E-state index contributed by atoms with van der Waals surface area (Å²) in [6, 6.07) is 0. The van der Waals surface area contributed by atoms with Crippen molar-refractivity contribution in [3.8, 4) is 0 Å². The molecule has 0 rings (SSSR count). The molecule has 0 bridgehead atoms. The zero-order valence-corrected chi connectivity index (χ0v) is 5.43. The summed E-state index contributed by atoms with van der Waals surface area (Å²) in [6.07, 6.45) is 1.27. The Morgan fingerprint density at radius 2 is 1.88 bits per heavy atom. The summed E-state index contributed by atoms with van der Waals surface area (Å²) in [5.74, 6) is -0.850. The first-order valence-electron chi connectivity index (χ1n) is 2.51. The summed E-state index contributed by atoms with van der Waals surface area (Å²) >= 11 is 0. The van der Waals surface area contributed by atoms with E-state index in [-0.39, 0.29) is 5.41 Å². The Hall–Kier alpha value is -0.530. The lowest BCUT2D eigenvalue weighted by Crippen LogP contribution is -2.12. The van der Waals surface area contributed by atoms with Gasteiger partial charge >= 0.3 is 5.97 Å². The normalized spacial score (nSPS) is 11.4. The largest absolute Gasteiger partial charge is 0.481 e. The predicted molar refractivity (Wildman–Crippen MR) is 31.4 cm³/mol. The highest BCUT2D eigenvalue weighted by Gasteiger charge is 2.14. The van der Waals surface area contributed by atoms with E-state index < -0.39 is 5.97 Å². The second kappa shape index (κ2) is 2.16. The van der Waals surface area contributed by atoms with Crippen molar-refractivity contribution in [3.63, 3.8) is 0 Å². The van der Waals surface area contributed by atoms with Crippen molar-refractivity contribution in [2.24, 2.45) is 5.41 Å². The van der Waals surface area contributed by atoms with Crippen molar-refractivity contribution in [3.05, 3.63) is 6.42 Å². The van der Waals surface area contributed by atoms with E-state index in [0.29, 0.717) is 0 Å². The van der Waals surface area contributed by atoms with Gasteiger partial charge in [-0.15, -0.1) is 0 Å². The van der Waals surface area contributed by atoms with Gasteiger partial charge in [-0.2, -0.15) is 0 Å². The molecule has 0 saturated carbocycles. The first-order chi connectivity index (χ1) is 3.42. The predicted octanol–water partition coefficient (Wildman–Crippen LogP) is 1.32. The monoisotopic (exact) mass is 115 g/mol. The third kappa shape index (κ3) is 5.47. The van der Waals surface area contributed by atoms with E-state index in [9.17, 15) is 4.79 Å². The number of carboxylic acid groups (broad SMARTS) is 1. The topological polar surface area (TPSA) is 37.3 Å². The van der Waals surface area contributed by atoms with Gasteiger partial charge in [-0.05, 0) is 5.41 Å². The first-order valence-corrected chi connectivity index (χ1v) is 2.51. The quantitative estimate of drug-likeness (QED) is 0.559. The van der Waals surface area contributed by atoms with Gasteiger partial charge in [-0.25, -0.2) is 0 Å². The summed E-state index contributed by atoms with van der Waals surface area (Å²) in [5.41, 5.74) is -0.203. The number of hydrogen-bond acceptors (Lipinski definition) is 1. The molecule has 0 amide bonds. The number of hydrogen-bond donors (Lipinski definition) is 1. The van der Waals surface area contributed by atoms with Crippen molar-refractivity contribution in [2.45, 2.75) is 20.8 Å². The molecule has 0 aromatic carbocycles. The molecule has 0 unspecified atom stereocenters. The maximum absolute atomic E-state index is 9.96. The van der Waals surface area contributed by atoms with Gasteiger partial charge in [-0.1, -0.05) is 20.8 Å². The van der Waals surface area contributed by atoms with Gasteiger partial charge in [0, 0.05) is 0 Å². The van der Waals surface area contributed by atoms with E-state index in [1.54, 1.807) is 0 Å². The molecule has 0 aliphatic carbocycles. The fraction of sp³-hybridized carbons (Fsp3) is 0.667. The minimum absolute atomic E-state index is 0.203. The van der Waals surface area contributed by atoms with Crippen molar-refractivity contribution in [1.82, 2.24) is 0 Å². The van der Waals surface area contributed by atoms with Gasteiger partial charge in [-0.3, -0.25) is 4.79 Å². The lowest BCUT2D eigenvalue weighted by Gasteiger charge is -2.12. The summed E-state index contributed by atoms with van der Waals surface area (Å²) < 4.78 is 0. The molecule has 0 atom stereocenters. The first kappa shape index (κ1) is 7.47. The molecular weight excluding hydrogens is 104 g/mol. The molecule has 0 fully saturated rings. The van der Waals surface area contributed by atoms with Crippen LogP contribution in [-0.4, -0.2) is 11.1 Å². The van der Waals surface area contributed by atoms with Crippen LogP contribution in [0.3, 0.4) is 0 Å². The highest BCUT2D eigenvalue weighted by atomic mass is 16.4. The van der Waals surface area contributed by atoms with Gasteiger partial charge in [0.25, 0.3) is 0 Å².